The Balaban J connectivity index is 0.000000280. The van der Waals surface area contributed by atoms with Crippen LogP contribution in [0.5, 0.6) is 0 Å². The maximum absolute atomic E-state index is 10.7. The summed E-state index contributed by atoms with van der Waals surface area (Å²) in [6, 6.07) is 10.0. The van der Waals surface area contributed by atoms with E-state index in [1.165, 1.54) is 7.11 Å². The van der Waals surface area contributed by atoms with Crippen LogP contribution in [0.2, 0.25) is 0 Å². The van der Waals surface area contributed by atoms with Crippen molar-refractivity contribution >= 4 is 0 Å². The molecule has 15 heavy (non-hydrogen) atoms. The van der Waals surface area contributed by atoms with Gasteiger partial charge >= 0.3 is 16.5 Å². The van der Waals surface area contributed by atoms with Crippen molar-refractivity contribution in [3.05, 3.63) is 66.2 Å². The molecule has 2 nitrogen and oxygen atoms in total. The van der Waals surface area contributed by atoms with Gasteiger partial charge in [0.2, 0.25) is 0 Å². The van der Waals surface area contributed by atoms with Crippen molar-refractivity contribution in [1.29, 1.82) is 0 Å². The molecular formula is C12H12NiO2. The van der Waals surface area contributed by atoms with Crippen molar-refractivity contribution in [2.45, 2.75) is 0 Å². The second kappa shape index (κ2) is 8.01. The summed E-state index contributed by atoms with van der Waals surface area (Å²) in [6.07, 6.45) is 7.02. The number of allylic oxidation sites excluding steroid dienone is 5. The van der Waals surface area contributed by atoms with Gasteiger partial charge in [-0.05, 0) is 12.7 Å². The Morgan fingerprint density at radius 3 is 2.07 bits per heavy atom. The molecular weight excluding hydrogens is 235 g/mol. The van der Waals surface area contributed by atoms with Gasteiger partial charge in [-0.25, -0.2) is 12.1 Å². The smallest absolute Gasteiger partial charge is 0.616 e. The SMILES string of the molecule is COC([O-])=C1C=CC=C1.[Ni+2].c1cc[cH-]c1. The Labute approximate surface area is 99.9 Å². The predicted molar refractivity (Wildman–Crippen MR) is 54.4 cm³/mol. The molecule has 0 fully saturated rings. The van der Waals surface area contributed by atoms with E-state index in [9.17, 15) is 5.11 Å². The summed E-state index contributed by atoms with van der Waals surface area (Å²) in [7, 11) is 1.37. The Morgan fingerprint density at radius 2 is 1.73 bits per heavy atom. The second-order valence-corrected chi connectivity index (χ2v) is 2.63. The van der Waals surface area contributed by atoms with Crippen LogP contribution in [-0.4, -0.2) is 7.11 Å². The molecule has 0 spiro atoms. The van der Waals surface area contributed by atoms with Crippen LogP contribution >= 0.6 is 0 Å². The molecule has 0 radical (unpaired) electrons. The third kappa shape index (κ3) is 5.19. The van der Waals surface area contributed by atoms with Gasteiger partial charge in [0.15, 0.2) is 0 Å². The van der Waals surface area contributed by atoms with E-state index in [4.69, 9.17) is 0 Å². The molecule has 0 atom stereocenters. The van der Waals surface area contributed by atoms with Gasteiger partial charge in [-0.2, -0.15) is 18.2 Å². The Kier molecular flexibility index (Phi) is 7.30. The van der Waals surface area contributed by atoms with Crippen LogP contribution < -0.4 is 5.11 Å². The third-order valence-electron chi connectivity index (χ3n) is 1.64. The first-order chi connectivity index (χ1) is 6.84. The maximum Gasteiger partial charge on any atom is 2.00 e. The summed E-state index contributed by atoms with van der Waals surface area (Å²) in [5.74, 6) is -0.278. The minimum Gasteiger partial charge on any atom is -0.616 e. The second-order valence-electron chi connectivity index (χ2n) is 2.63. The zero-order chi connectivity index (χ0) is 10.2. The van der Waals surface area contributed by atoms with Crippen LogP contribution in [0.1, 0.15) is 0 Å². The summed E-state index contributed by atoms with van der Waals surface area (Å²) in [5.41, 5.74) is 0.609. The molecule has 82 valence electrons. The maximum atomic E-state index is 10.7. The first kappa shape index (κ1) is 13.7. The largest absolute Gasteiger partial charge is 2.00 e. The van der Waals surface area contributed by atoms with E-state index in [1.54, 1.807) is 24.3 Å². The summed E-state index contributed by atoms with van der Waals surface area (Å²) < 4.78 is 4.46. The van der Waals surface area contributed by atoms with Crippen molar-refractivity contribution in [3.63, 3.8) is 0 Å². The molecule has 0 bridgehead atoms. The van der Waals surface area contributed by atoms with Crippen molar-refractivity contribution in [1.82, 2.24) is 0 Å². The number of ether oxygens (including phenoxy) is 1. The third-order valence-corrected chi connectivity index (χ3v) is 1.64. The van der Waals surface area contributed by atoms with Gasteiger partial charge in [0.1, 0.15) is 0 Å². The van der Waals surface area contributed by atoms with Gasteiger partial charge in [-0.1, -0.05) is 24.3 Å². The molecule has 1 aliphatic rings. The molecule has 0 aliphatic heterocycles. The van der Waals surface area contributed by atoms with Crippen LogP contribution in [-0.2, 0) is 21.2 Å². The molecule has 0 aromatic heterocycles. The Bertz CT molecular complexity index is 303. The standard InChI is InChI=1S/C7H8O2.C5H5.Ni/c1-9-7(8)6-4-2-3-5-6;1-2-4-5-3-1;/h2-5,8H,1H3;1-5H;/q;-1;+2/p-1. The van der Waals surface area contributed by atoms with E-state index in [1.807, 2.05) is 30.3 Å². The minimum atomic E-state index is -0.278. The number of hydrogen-bond donors (Lipinski definition) is 0. The van der Waals surface area contributed by atoms with Crippen LogP contribution in [0.3, 0.4) is 0 Å². The van der Waals surface area contributed by atoms with Crippen molar-refractivity contribution in [2.24, 2.45) is 0 Å². The molecule has 0 heterocycles. The van der Waals surface area contributed by atoms with E-state index in [-0.39, 0.29) is 22.4 Å². The van der Waals surface area contributed by atoms with E-state index >= 15 is 0 Å². The van der Waals surface area contributed by atoms with Gasteiger partial charge in [0, 0.05) is 0 Å². The van der Waals surface area contributed by atoms with E-state index in [0.717, 1.165) is 0 Å². The molecule has 0 N–H and O–H groups in total. The fourth-order valence-electron chi connectivity index (χ4n) is 0.949. The molecule has 1 aromatic carbocycles. The number of rotatable bonds is 1. The molecule has 0 unspecified atom stereocenters. The van der Waals surface area contributed by atoms with Gasteiger partial charge in [-0.3, -0.25) is 0 Å². The van der Waals surface area contributed by atoms with Crippen molar-refractivity contribution < 1.29 is 26.3 Å². The van der Waals surface area contributed by atoms with E-state index in [0.29, 0.717) is 5.57 Å². The van der Waals surface area contributed by atoms with Crippen LogP contribution in [0.15, 0.2) is 66.2 Å². The van der Waals surface area contributed by atoms with Gasteiger partial charge in [-0.15, -0.1) is 0 Å². The molecule has 1 aromatic rings. The summed E-state index contributed by atoms with van der Waals surface area (Å²) in [4.78, 5) is 0. The molecule has 0 saturated heterocycles. The van der Waals surface area contributed by atoms with Gasteiger partial charge < -0.3 is 9.84 Å². The van der Waals surface area contributed by atoms with Crippen molar-refractivity contribution in [2.75, 3.05) is 7.11 Å². The minimum absolute atomic E-state index is 0. The quantitative estimate of drug-likeness (QED) is 0.430. The number of hydrogen-bond acceptors (Lipinski definition) is 2. The average molecular weight is 247 g/mol. The molecule has 3 heteroatoms. The predicted octanol–water partition coefficient (Wildman–Crippen LogP) is 1.73. The van der Waals surface area contributed by atoms with E-state index < -0.39 is 0 Å². The monoisotopic (exact) mass is 246 g/mol. The Morgan fingerprint density at radius 1 is 1.20 bits per heavy atom. The summed E-state index contributed by atoms with van der Waals surface area (Å²) >= 11 is 0. The van der Waals surface area contributed by atoms with Crippen LogP contribution in [0, 0.1) is 0 Å². The fourth-order valence-corrected chi connectivity index (χ4v) is 0.949. The zero-order valence-corrected chi connectivity index (χ0v) is 9.32. The van der Waals surface area contributed by atoms with Gasteiger partial charge in [0.05, 0.1) is 5.95 Å². The first-order valence-electron chi connectivity index (χ1n) is 4.31. The topological polar surface area (TPSA) is 32.3 Å². The summed E-state index contributed by atoms with van der Waals surface area (Å²) in [6.45, 7) is 0. The normalized spacial score (nSPS) is 11.4. The number of methoxy groups -OCH3 is 1. The molecule has 0 amide bonds. The Hall–Kier alpha value is -1.34. The summed E-state index contributed by atoms with van der Waals surface area (Å²) in [5, 5.41) is 10.7. The fraction of sp³-hybridized carbons (Fsp3) is 0.0833. The first-order valence-corrected chi connectivity index (χ1v) is 4.31. The van der Waals surface area contributed by atoms with E-state index in [2.05, 4.69) is 4.74 Å². The van der Waals surface area contributed by atoms with Crippen LogP contribution in [0.4, 0.5) is 0 Å². The van der Waals surface area contributed by atoms with Crippen molar-refractivity contribution in [3.8, 4) is 0 Å². The molecule has 1 aliphatic carbocycles. The molecule has 2 rings (SSSR count). The van der Waals surface area contributed by atoms with Gasteiger partial charge in [0.25, 0.3) is 0 Å². The molecule has 0 saturated carbocycles. The zero-order valence-electron chi connectivity index (χ0n) is 8.33. The average Bonchev–Trinajstić information content (AvgIpc) is 2.91. The van der Waals surface area contributed by atoms with Crippen LogP contribution in [0.25, 0.3) is 0 Å².